The van der Waals surface area contributed by atoms with Gasteiger partial charge in [0.2, 0.25) is 0 Å². The minimum absolute atomic E-state index is 0.0317. The normalized spacial score (nSPS) is 13.4. The second-order valence-corrected chi connectivity index (χ2v) is 6.02. The van der Waals surface area contributed by atoms with Gasteiger partial charge in [-0.05, 0) is 38.3 Å². The summed E-state index contributed by atoms with van der Waals surface area (Å²) in [7, 11) is 1.67. The van der Waals surface area contributed by atoms with E-state index in [4.69, 9.17) is 15.5 Å². The lowest BCUT2D eigenvalue weighted by molar-refractivity contribution is 0.415. The summed E-state index contributed by atoms with van der Waals surface area (Å²) in [5.74, 6) is 2.35. The number of nitrogens with zero attached hydrogens (tertiary/aromatic N) is 2. The second-order valence-electron chi connectivity index (χ2n) is 6.02. The Balaban J connectivity index is 2.55. The zero-order chi connectivity index (χ0) is 14.9. The molecule has 20 heavy (non-hydrogen) atoms. The maximum absolute atomic E-state index is 6.35. The van der Waals surface area contributed by atoms with Gasteiger partial charge in [-0.1, -0.05) is 13.8 Å². The fraction of sp³-hybridized carbons (Fsp3) is 0.562. The quantitative estimate of drug-likeness (QED) is 0.905. The Morgan fingerprint density at radius 3 is 2.50 bits per heavy atom. The van der Waals surface area contributed by atoms with Gasteiger partial charge >= 0.3 is 0 Å². The Bertz CT molecular complexity index is 587. The number of fused-ring (bicyclic) bond motifs is 1. The van der Waals surface area contributed by atoms with Gasteiger partial charge in [-0.2, -0.15) is 0 Å². The van der Waals surface area contributed by atoms with Gasteiger partial charge in [-0.15, -0.1) is 0 Å². The molecular formula is C16H25N3O. The molecule has 1 aromatic carbocycles. The Labute approximate surface area is 120 Å². The zero-order valence-electron chi connectivity index (χ0n) is 13.1. The maximum atomic E-state index is 6.35. The van der Waals surface area contributed by atoms with Crippen LogP contribution in [-0.4, -0.2) is 16.7 Å². The van der Waals surface area contributed by atoms with Crippen molar-refractivity contribution < 1.29 is 4.74 Å². The molecule has 1 unspecified atom stereocenters. The van der Waals surface area contributed by atoms with Crippen LogP contribution in [-0.2, 0) is 0 Å². The van der Waals surface area contributed by atoms with Gasteiger partial charge in [0, 0.05) is 12.1 Å². The standard InChI is InChI=1S/C16H25N3O/c1-10(2)8-13(17)16-18-14-9-12(20-5)6-7-15(14)19(16)11(3)4/h6-7,9-11,13H,8,17H2,1-5H3. The molecule has 0 fully saturated rings. The molecule has 0 aliphatic carbocycles. The first-order valence-corrected chi connectivity index (χ1v) is 7.25. The first kappa shape index (κ1) is 14.9. The van der Waals surface area contributed by atoms with Crippen LogP contribution in [0.4, 0.5) is 0 Å². The molecule has 0 bridgehead atoms. The summed E-state index contributed by atoms with van der Waals surface area (Å²) in [4.78, 5) is 4.75. The molecule has 4 nitrogen and oxygen atoms in total. The molecule has 2 rings (SSSR count). The third kappa shape index (κ3) is 2.80. The van der Waals surface area contributed by atoms with E-state index < -0.39 is 0 Å². The molecule has 2 N–H and O–H groups in total. The van der Waals surface area contributed by atoms with Crippen molar-refractivity contribution in [3.05, 3.63) is 24.0 Å². The topological polar surface area (TPSA) is 53.1 Å². The van der Waals surface area contributed by atoms with Crippen LogP contribution in [0.3, 0.4) is 0 Å². The Hall–Kier alpha value is -1.55. The molecule has 1 aromatic heterocycles. The predicted molar refractivity (Wildman–Crippen MR) is 83.1 cm³/mol. The van der Waals surface area contributed by atoms with Crippen molar-refractivity contribution in [3.8, 4) is 5.75 Å². The van der Waals surface area contributed by atoms with E-state index in [1.54, 1.807) is 7.11 Å². The van der Waals surface area contributed by atoms with E-state index in [2.05, 4.69) is 38.3 Å². The molecular weight excluding hydrogens is 250 g/mol. The van der Waals surface area contributed by atoms with E-state index in [0.29, 0.717) is 12.0 Å². The summed E-state index contributed by atoms with van der Waals surface area (Å²) in [6, 6.07) is 6.31. The van der Waals surface area contributed by atoms with E-state index in [1.807, 2.05) is 12.1 Å². The first-order valence-electron chi connectivity index (χ1n) is 7.25. The lowest BCUT2D eigenvalue weighted by Crippen LogP contribution is -2.19. The Morgan fingerprint density at radius 2 is 1.95 bits per heavy atom. The predicted octanol–water partition coefficient (Wildman–Crippen LogP) is 3.67. The fourth-order valence-electron chi connectivity index (χ4n) is 2.64. The molecule has 0 saturated carbocycles. The molecule has 1 atom stereocenters. The van der Waals surface area contributed by atoms with Crippen molar-refractivity contribution in [3.63, 3.8) is 0 Å². The molecule has 0 radical (unpaired) electrons. The SMILES string of the molecule is COc1ccc2c(c1)nc(C(N)CC(C)C)n2C(C)C. The number of methoxy groups -OCH3 is 1. The fourth-order valence-corrected chi connectivity index (χ4v) is 2.64. The van der Waals surface area contributed by atoms with Crippen LogP contribution >= 0.6 is 0 Å². The van der Waals surface area contributed by atoms with Crippen LogP contribution in [0, 0.1) is 5.92 Å². The summed E-state index contributed by atoms with van der Waals surface area (Å²) in [5, 5.41) is 0. The van der Waals surface area contributed by atoms with E-state index in [-0.39, 0.29) is 6.04 Å². The molecule has 0 saturated heterocycles. The number of hydrogen-bond acceptors (Lipinski definition) is 3. The minimum Gasteiger partial charge on any atom is -0.497 e. The number of imidazole rings is 1. The molecule has 1 heterocycles. The third-order valence-corrected chi connectivity index (χ3v) is 3.50. The Kier molecular flexibility index (Phi) is 4.33. The summed E-state index contributed by atoms with van der Waals surface area (Å²) in [6.45, 7) is 8.70. The molecule has 110 valence electrons. The van der Waals surface area contributed by atoms with Crippen molar-refractivity contribution in [1.82, 2.24) is 9.55 Å². The van der Waals surface area contributed by atoms with Gasteiger partial charge in [0.05, 0.1) is 24.2 Å². The summed E-state index contributed by atoms with van der Waals surface area (Å²) in [5.41, 5.74) is 8.43. The van der Waals surface area contributed by atoms with Crippen molar-refractivity contribution in [1.29, 1.82) is 0 Å². The van der Waals surface area contributed by atoms with Crippen LogP contribution in [0.2, 0.25) is 0 Å². The minimum atomic E-state index is -0.0317. The largest absolute Gasteiger partial charge is 0.497 e. The monoisotopic (exact) mass is 275 g/mol. The number of aromatic nitrogens is 2. The van der Waals surface area contributed by atoms with Crippen LogP contribution in [0.25, 0.3) is 11.0 Å². The number of hydrogen-bond donors (Lipinski definition) is 1. The van der Waals surface area contributed by atoms with Gasteiger partial charge in [0.1, 0.15) is 11.6 Å². The van der Waals surface area contributed by atoms with Crippen molar-refractivity contribution in [2.75, 3.05) is 7.11 Å². The second kappa shape index (κ2) is 5.83. The number of ether oxygens (including phenoxy) is 1. The van der Waals surface area contributed by atoms with Crippen LogP contribution in [0.1, 0.15) is 52.0 Å². The van der Waals surface area contributed by atoms with E-state index in [1.165, 1.54) is 0 Å². The lowest BCUT2D eigenvalue weighted by Gasteiger charge is -2.18. The lowest BCUT2D eigenvalue weighted by atomic mass is 10.0. The van der Waals surface area contributed by atoms with Gasteiger partial charge in [-0.3, -0.25) is 0 Å². The van der Waals surface area contributed by atoms with E-state index in [9.17, 15) is 0 Å². The van der Waals surface area contributed by atoms with Crippen LogP contribution < -0.4 is 10.5 Å². The summed E-state index contributed by atoms with van der Waals surface area (Å²) >= 11 is 0. The number of rotatable bonds is 5. The highest BCUT2D eigenvalue weighted by Gasteiger charge is 2.19. The maximum Gasteiger partial charge on any atom is 0.127 e. The Morgan fingerprint density at radius 1 is 1.25 bits per heavy atom. The molecule has 0 spiro atoms. The first-order chi connectivity index (χ1) is 9.43. The summed E-state index contributed by atoms with van der Waals surface area (Å²) in [6.07, 6.45) is 0.938. The molecule has 2 aromatic rings. The molecule has 0 amide bonds. The molecule has 0 aliphatic rings. The van der Waals surface area contributed by atoms with Gasteiger partial charge in [0.25, 0.3) is 0 Å². The average molecular weight is 275 g/mol. The molecule has 0 aliphatic heterocycles. The van der Waals surface area contributed by atoms with Crippen molar-refractivity contribution >= 4 is 11.0 Å². The van der Waals surface area contributed by atoms with E-state index in [0.717, 1.165) is 29.0 Å². The third-order valence-electron chi connectivity index (χ3n) is 3.50. The summed E-state index contributed by atoms with van der Waals surface area (Å²) < 4.78 is 7.51. The van der Waals surface area contributed by atoms with E-state index >= 15 is 0 Å². The smallest absolute Gasteiger partial charge is 0.127 e. The van der Waals surface area contributed by atoms with Gasteiger partial charge in [-0.25, -0.2) is 4.98 Å². The van der Waals surface area contributed by atoms with Crippen LogP contribution in [0.5, 0.6) is 5.75 Å². The van der Waals surface area contributed by atoms with Crippen molar-refractivity contribution in [2.24, 2.45) is 11.7 Å². The molecule has 4 heteroatoms. The number of nitrogens with two attached hydrogens (primary N) is 1. The average Bonchev–Trinajstić information content (AvgIpc) is 2.76. The van der Waals surface area contributed by atoms with Gasteiger partial charge in [0.15, 0.2) is 0 Å². The highest BCUT2D eigenvalue weighted by Crippen LogP contribution is 2.29. The van der Waals surface area contributed by atoms with Gasteiger partial charge < -0.3 is 15.0 Å². The van der Waals surface area contributed by atoms with Crippen molar-refractivity contribution in [2.45, 2.75) is 46.2 Å². The number of benzene rings is 1. The highest BCUT2D eigenvalue weighted by molar-refractivity contribution is 5.78. The highest BCUT2D eigenvalue weighted by atomic mass is 16.5. The van der Waals surface area contributed by atoms with Crippen LogP contribution in [0.15, 0.2) is 18.2 Å². The zero-order valence-corrected chi connectivity index (χ0v) is 13.1.